The highest BCUT2D eigenvalue weighted by Crippen LogP contribution is 2.10. The van der Waals surface area contributed by atoms with Gasteiger partial charge in [-0.2, -0.15) is 0 Å². The van der Waals surface area contributed by atoms with Crippen molar-refractivity contribution in [3.05, 3.63) is 35.9 Å². The second-order valence-electron chi connectivity index (χ2n) is 5.20. The van der Waals surface area contributed by atoms with Crippen molar-refractivity contribution in [2.45, 2.75) is 71.4 Å². The third-order valence-electron chi connectivity index (χ3n) is 3.48. The first kappa shape index (κ1) is 15.2. The smallest absolute Gasteiger partial charge is 0.0208 e. The van der Waals surface area contributed by atoms with Gasteiger partial charge in [0.15, 0.2) is 0 Å². The number of hydrogen-bond donors (Lipinski definition) is 1. The molecule has 0 saturated heterocycles. The molecule has 1 nitrogen and oxygen atoms in total. The van der Waals surface area contributed by atoms with E-state index in [1.54, 1.807) is 0 Å². The Kier molecular flexibility index (Phi) is 8.58. The summed E-state index contributed by atoms with van der Waals surface area (Å²) in [6.07, 6.45) is 9.40. The van der Waals surface area contributed by atoms with Crippen LogP contribution in [0.4, 0.5) is 0 Å². The molecule has 18 heavy (non-hydrogen) atoms. The van der Waals surface area contributed by atoms with Crippen LogP contribution >= 0.6 is 0 Å². The lowest BCUT2D eigenvalue weighted by Gasteiger charge is -2.18. The monoisotopic (exact) mass is 247 g/mol. The fraction of sp³-hybridized carbons (Fsp3) is 0.647. The van der Waals surface area contributed by atoms with E-state index in [0.717, 1.165) is 6.54 Å². The van der Waals surface area contributed by atoms with Crippen LogP contribution in [0.1, 0.15) is 64.4 Å². The summed E-state index contributed by atoms with van der Waals surface area (Å²) < 4.78 is 0. The molecule has 1 unspecified atom stereocenters. The molecule has 1 rings (SSSR count). The minimum atomic E-state index is 0.701. The molecule has 0 heterocycles. The zero-order valence-corrected chi connectivity index (χ0v) is 12.1. The van der Waals surface area contributed by atoms with Crippen molar-refractivity contribution >= 4 is 0 Å². The van der Waals surface area contributed by atoms with Crippen LogP contribution in [-0.2, 0) is 6.54 Å². The van der Waals surface area contributed by atoms with E-state index in [-0.39, 0.29) is 0 Å². The van der Waals surface area contributed by atoms with E-state index in [2.05, 4.69) is 49.5 Å². The summed E-state index contributed by atoms with van der Waals surface area (Å²) in [5.74, 6) is 0. The molecule has 0 aromatic heterocycles. The first-order valence-corrected chi connectivity index (χ1v) is 7.64. The summed E-state index contributed by atoms with van der Waals surface area (Å²) in [6, 6.07) is 11.4. The molecule has 0 aliphatic carbocycles. The van der Waals surface area contributed by atoms with Gasteiger partial charge in [0.05, 0.1) is 0 Å². The molecule has 1 aromatic carbocycles. The van der Waals surface area contributed by atoms with Gasteiger partial charge in [0, 0.05) is 12.6 Å². The highest BCUT2D eigenvalue weighted by Gasteiger charge is 2.06. The molecule has 0 amide bonds. The average Bonchev–Trinajstić information content (AvgIpc) is 2.42. The van der Waals surface area contributed by atoms with E-state index in [9.17, 15) is 0 Å². The van der Waals surface area contributed by atoms with Crippen molar-refractivity contribution in [2.24, 2.45) is 0 Å². The molecule has 0 aliphatic heterocycles. The van der Waals surface area contributed by atoms with Gasteiger partial charge in [0.1, 0.15) is 0 Å². The van der Waals surface area contributed by atoms with Gasteiger partial charge in [-0.25, -0.2) is 0 Å². The lowest BCUT2D eigenvalue weighted by atomic mass is 10.0. The molecule has 1 heteroatoms. The normalized spacial score (nSPS) is 12.6. The summed E-state index contributed by atoms with van der Waals surface area (Å²) in [6.45, 7) is 5.57. The molecule has 0 bridgehead atoms. The number of unbranched alkanes of at least 4 members (excludes halogenated alkanes) is 3. The second kappa shape index (κ2) is 10.1. The fourth-order valence-corrected chi connectivity index (χ4v) is 2.37. The Labute approximate surface area is 113 Å². The van der Waals surface area contributed by atoms with Gasteiger partial charge in [-0.3, -0.25) is 0 Å². The molecule has 0 radical (unpaired) electrons. The molecule has 102 valence electrons. The maximum atomic E-state index is 3.71. The van der Waals surface area contributed by atoms with Gasteiger partial charge in [-0.15, -0.1) is 0 Å². The molecule has 0 aliphatic rings. The van der Waals surface area contributed by atoms with Crippen LogP contribution < -0.4 is 5.32 Å². The van der Waals surface area contributed by atoms with Crippen molar-refractivity contribution in [3.8, 4) is 0 Å². The number of rotatable bonds is 10. The van der Waals surface area contributed by atoms with Crippen molar-refractivity contribution in [3.63, 3.8) is 0 Å². The van der Waals surface area contributed by atoms with Crippen LogP contribution in [0.3, 0.4) is 0 Å². The van der Waals surface area contributed by atoms with E-state index >= 15 is 0 Å². The van der Waals surface area contributed by atoms with Gasteiger partial charge in [-0.05, 0) is 18.4 Å². The topological polar surface area (TPSA) is 12.0 Å². The number of nitrogens with one attached hydrogen (secondary N) is 1. The largest absolute Gasteiger partial charge is 0.310 e. The first-order valence-electron chi connectivity index (χ1n) is 7.64. The van der Waals surface area contributed by atoms with E-state index in [4.69, 9.17) is 0 Å². The summed E-state index contributed by atoms with van der Waals surface area (Å²) in [7, 11) is 0. The van der Waals surface area contributed by atoms with Crippen LogP contribution in [-0.4, -0.2) is 6.04 Å². The zero-order chi connectivity index (χ0) is 13.1. The molecule has 0 saturated carbocycles. The van der Waals surface area contributed by atoms with E-state index < -0.39 is 0 Å². The molecule has 0 spiro atoms. The Morgan fingerprint density at radius 1 is 0.889 bits per heavy atom. The van der Waals surface area contributed by atoms with E-state index in [1.165, 1.54) is 50.5 Å². The average molecular weight is 247 g/mol. The first-order chi connectivity index (χ1) is 8.86. The summed E-state index contributed by atoms with van der Waals surface area (Å²) in [5, 5.41) is 3.71. The zero-order valence-electron chi connectivity index (χ0n) is 12.1. The Balaban J connectivity index is 2.24. The Morgan fingerprint density at radius 3 is 2.33 bits per heavy atom. The van der Waals surface area contributed by atoms with Crippen LogP contribution in [0.25, 0.3) is 0 Å². The summed E-state index contributed by atoms with van der Waals surface area (Å²) in [5.41, 5.74) is 1.40. The standard InChI is InChI=1S/C17H29N/c1-3-5-6-10-14-17(11-4-2)18-15-16-12-8-7-9-13-16/h7-9,12-13,17-18H,3-6,10-11,14-15H2,1-2H3. The van der Waals surface area contributed by atoms with E-state index in [0.29, 0.717) is 6.04 Å². The lowest BCUT2D eigenvalue weighted by Crippen LogP contribution is -2.28. The highest BCUT2D eigenvalue weighted by atomic mass is 14.9. The molecule has 1 N–H and O–H groups in total. The summed E-state index contributed by atoms with van der Waals surface area (Å²) >= 11 is 0. The van der Waals surface area contributed by atoms with Crippen molar-refractivity contribution in [1.82, 2.24) is 5.32 Å². The maximum absolute atomic E-state index is 3.71. The van der Waals surface area contributed by atoms with Gasteiger partial charge in [0.25, 0.3) is 0 Å². The summed E-state index contributed by atoms with van der Waals surface area (Å²) in [4.78, 5) is 0. The van der Waals surface area contributed by atoms with Gasteiger partial charge in [0.2, 0.25) is 0 Å². The highest BCUT2D eigenvalue weighted by molar-refractivity contribution is 5.14. The molecular formula is C17H29N. The van der Waals surface area contributed by atoms with Crippen LogP contribution in [0, 0.1) is 0 Å². The number of benzene rings is 1. The Morgan fingerprint density at radius 2 is 1.67 bits per heavy atom. The third kappa shape index (κ3) is 6.80. The third-order valence-corrected chi connectivity index (χ3v) is 3.48. The van der Waals surface area contributed by atoms with E-state index in [1.807, 2.05) is 0 Å². The predicted octanol–water partition coefficient (Wildman–Crippen LogP) is 4.92. The quantitative estimate of drug-likeness (QED) is 0.579. The maximum Gasteiger partial charge on any atom is 0.0208 e. The Bertz CT molecular complexity index is 281. The lowest BCUT2D eigenvalue weighted by molar-refractivity contribution is 0.427. The van der Waals surface area contributed by atoms with Crippen LogP contribution in [0.5, 0.6) is 0 Å². The minimum absolute atomic E-state index is 0.701. The molecule has 0 fully saturated rings. The number of hydrogen-bond acceptors (Lipinski definition) is 1. The van der Waals surface area contributed by atoms with Crippen LogP contribution in [0.2, 0.25) is 0 Å². The molecule has 1 atom stereocenters. The van der Waals surface area contributed by atoms with Crippen molar-refractivity contribution < 1.29 is 0 Å². The predicted molar refractivity (Wildman–Crippen MR) is 80.7 cm³/mol. The minimum Gasteiger partial charge on any atom is -0.310 e. The van der Waals surface area contributed by atoms with Gasteiger partial charge < -0.3 is 5.32 Å². The second-order valence-corrected chi connectivity index (χ2v) is 5.20. The van der Waals surface area contributed by atoms with Crippen molar-refractivity contribution in [1.29, 1.82) is 0 Å². The van der Waals surface area contributed by atoms with Gasteiger partial charge in [-0.1, -0.05) is 76.3 Å². The fourth-order valence-electron chi connectivity index (χ4n) is 2.37. The Hall–Kier alpha value is -0.820. The molecular weight excluding hydrogens is 218 g/mol. The SMILES string of the molecule is CCCCCCC(CCC)NCc1ccccc1. The van der Waals surface area contributed by atoms with Crippen molar-refractivity contribution in [2.75, 3.05) is 0 Å². The molecule has 1 aromatic rings. The van der Waals surface area contributed by atoms with Crippen LogP contribution in [0.15, 0.2) is 30.3 Å². The van der Waals surface area contributed by atoms with Gasteiger partial charge >= 0.3 is 0 Å².